The van der Waals surface area contributed by atoms with Crippen molar-refractivity contribution in [2.24, 2.45) is 22.9 Å². The number of thioether (sulfide) groups is 1. The number of nitrogens with zero attached hydrogens (tertiary/aromatic N) is 2. The Labute approximate surface area is 300 Å². The number of aliphatic hydroxyl groups is 2. The zero-order chi connectivity index (χ0) is 35.5. The lowest BCUT2D eigenvalue weighted by atomic mass is 9.55. The third-order valence-electron chi connectivity index (χ3n) is 10.1. The van der Waals surface area contributed by atoms with E-state index in [2.05, 4.69) is 36.0 Å². The number of unbranched alkanes of at least 4 members (excludes halogenated alkanes) is 2. The minimum absolute atomic E-state index is 0.112. The first-order valence-corrected chi connectivity index (χ1v) is 18.6. The highest BCUT2D eigenvalue weighted by molar-refractivity contribution is 7.99. The van der Waals surface area contributed by atoms with E-state index in [1.807, 2.05) is 30.3 Å². The van der Waals surface area contributed by atoms with E-state index < -0.39 is 17.9 Å². The van der Waals surface area contributed by atoms with Crippen molar-refractivity contribution in [2.75, 3.05) is 53.4 Å². The molecule has 2 aliphatic carbocycles. The van der Waals surface area contributed by atoms with Gasteiger partial charge in [0, 0.05) is 48.8 Å². The molecule has 10 nitrogen and oxygen atoms in total. The van der Waals surface area contributed by atoms with Crippen LogP contribution in [0.1, 0.15) is 56.4 Å². The second-order valence-corrected chi connectivity index (χ2v) is 14.2. The Morgan fingerprint density at radius 3 is 2.56 bits per heavy atom. The molecule has 2 aromatic carbocycles. The Morgan fingerprint density at radius 1 is 1.10 bits per heavy atom. The molecule has 1 saturated carbocycles. The van der Waals surface area contributed by atoms with Gasteiger partial charge in [0.25, 0.3) is 0 Å². The molecule has 0 spiro atoms. The number of methoxy groups -OCH3 is 1. The Morgan fingerprint density at radius 2 is 1.86 bits per heavy atom. The van der Waals surface area contributed by atoms with Crippen LogP contribution in [0.2, 0.25) is 0 Å². The number of aliphatic hydroxyl groups excluding tert-OH is 2. The number of hydrogen-bond donors (Lipinski definition) is 2. The first kappa shape index (κ1) is 37.7. The maximum Gasteiger partial charge on any atom is 0.409 e. The van der Waals surface area contributed by atoms with Crippen LogP contribution in [0.4, 0.5) is 4.79 Å². The molecule has 2 N–H and O–H groups in total. The SMILES string of the molecule is C=CCOC12Oc3ccc(OCCSc4ccccc4)cc3C3C(CCCCO)C(CCCCO)C=C(C(=NOC)CC1N(C)C(=O)OC)C32. The van der Waals surface area contributed by atoms with Crippen molar-refractivity contribution in [2.45, 2.75) is 67.6 Å². The number of carbonyl (C=O) groups excluding carboxylic acids is 1. The molecule has 1 heterocycles. The van der Waals surface area contributed by atoms with E-state index in [0.29, 0.717) is 31.6 Å². The quantitative estimate of drug-likeness (QED) is 0.0745. The zero-order valence-corrected chi connectivity index (χ0v) is 30.3. The number of benzene rings is 2. The van der Waals surface area contributed by atoms with Gasteiger partial charge in [-0.05, 0) is 73.4 Å². The maximum absolute atomic E-state index is 13.2. The van der Waals surface area contributed by atoms with Crippen molar-refractivity contribution in [3.05, 3.63) is 78.4 Å². The van der Waals surface area contributed by atoms with Crippen LogP contribution in [-0.2, 0) is 14.3 Å². The molecule has 1 fully saturated rings. The van der Waals surface area contributed by atoms with Crippen LogP contribution >= 0.6 is 11.8 Å². The summed E-state index contributed by atoms with van der Waals surface area (Å²) in [5.74, 6) is 0.747. The van der Waals surface area contributed by atoms with Gasteiger partial charge in [0.15, 0.2) is 0 Å². The minimum Gasteiger partial charge on any atom is -0.493 e. The molecular formula is C39H52N2O8S. The number of oxime groups is 1. The predicted molar refractivity (Wildman–Crippen MR) is 195 cm³/mol. The van der Waals surface area contributed by atoms with Crippen LogP contribution < -0.4 is 9.47 Å². The number of ether oxygens (including phenoxy) is 4. The van der Waals surface area contributed by atoms with Crippen LogP contribution in [0.5, 0.6) is 11.5 Å². The third-order valence-corrected chi connectivity index (χ3v) is 11.1. The van der Waals surface area contributed by atoms with Crippen LogP contribution in [-0.4, -0.2) is 92.2 Å². The summed E-state index contributed by atoms with van der Waals surface area (Å²) in [6.07, 6.45) is 8.69. The molecule has 272 valence electrons. The van der Waals surface area contributed by atoms with Gasteiger partial charge in [-0.2, -0.15) is 0 Å². The standard InChI is InChI=1S/C39H52N2O8S/c1-5-21-48-39-35(41(2)38(44)45-3)26-33(40-46-4)31-24-27(13-9-11-19-42)30(16-10-12-20-43)36(37(31)39)32-25-28(17-18-34(32)49-39)47-22-23-50-29-14-7-6-8-15-29/h5-8,14-15,17-18,24-25,27,30,35-37,42-43H,1,9-13,16,19-23,26H2,2-4H3. The molecule has 0 saturated heterocycles. The number of likely N-dealkylation sites (N-methyl/N-ethyl adjacent to an activating group) is 1. The third kappa shape index (κ3) is 8.17. The van der Waals surface area contributed by atoms with E-state index in [9.17, 15) is 15.0 Å². The molecule has 11 heteroatoms. The van der Waals surface area contributed by atoms with Gasteiger partial charge in [-0.25, -0.2) is 4.79 Å². The van der Waals surface area contributed by atoms with Gasteiger partial charge in [0.1, 0.15) is 24.7 Å². The first-order chi connectivity index (χ1) is 24.4. The lowest BCUT2D eigenvalue weighted by Gasteiger charge is -2.59. The molecule has 1 amide bonds. The highest BCUT2D eigenvalue weighted by atomic mass is 32.2. The summed E-state index contributed by atoms with van der Waals surface area (Å²) in [5.41, 5.74) is 2.74. The van der Waals surface area contributed by atoms with Gasteiger partial charge >= 0.3 is 6.09 Å². The smallest absolute Gasteiger partial charge is 0.409 e. The summed E-state index contributed by atoms with van der Waals surface area (Å²) in [6.45, 7) is 4.93. The summed E-state index contributed by atoms with van der Waals surface area (Å²) in [4.78, 5) is 21.4. The van der Waals surface area contributed by atoms with Crippen molar-refractivity contribution in [3.8, 4) is 11.5 Å². The molecule has 0 aromatic heterocycles. The predicted octanol–water partition coefficient (Wildman–Crippen LogP) is 6.82. The fraction of sp³-hybridized carbons (Fsp3) is 0.538. The second-order valence-electron chi connectivity index (χ2n) is 13.0. The maximum atomic E-state index is 13.2. The largest absolute Gasteiger partial charge is 0.493 e. The van der Waals surface area contributed by atoms with Gasteiger partial charge in [-0.15, -0.1) is 18.3 Å². The molecule has 3 aliphatic rings. The Hall–Kier alpha value is -3.51. The topological polar surface area (TPSA) is 119 Å². The molecule has 6 atom stereocenters. The second kappa shape index (κ2) is 18.1. The number of amides is 1. The summed E-state index contributed by atoms with van der Waals surface area (Å²) < 4.78 is 25.4. The van der Waals surface area contributed by atoms with Crippen molar-refractivity contribution in [3.63, 3.8) is 0 Å². The normalized spacial score (nSPS) is 25.8. The molecule has 0 radical (unpaired) electrons. The van der Waals surface area contributed by atoms with E-state index in [0.717, 1.165) is 54.0 Å². The van der Waals surface area contributed by atoms with E-state index in [1.165, 1.54) is 19.1 Å². The Balaban J connectivity index is 1.63. The van der Waals surface area contributed by atoms with E-state index in [-0.39, 0.29) is 43.5 Å². The number of rotatable bonds is 18. The number of fused-ring (bicyclic) bond motifs is 2. The minimum atomic E-state index is -1.30. The van der Waals surface area contributed by atoms with Crippen molar-refractivity contribution in [1.29, 1.82) is 0 Å². The molecule has 1 aliphatic heterocycles. The average molecular weight is 709 g/mol. The van der Waals surface area contributed by atoms with Crippen molar-refractivity contribution >= 4 is 23.6 Å². The van der Waals surface area contributed by atoms with Gasteiger partial charge < -0.3 is 38.9 Å². The zero-order valence-electron chi connectivity index (χ0n) is 29.5. The van der Waals surface area contributed by atoms with Crippen LogP contribution in [0.15, 0.2) is 82.9 Å². The van der Waals surface area contributed by atoms with Crippen LogP contribution in [0.3, 0.4) is 0 Å². The highest BCUT2D eigenvalue weighted by Gasteiger charge is 2.65. The lowest BCUT2D eigenvalue weighted by molar-refractivity contribution is -0.253. The summed E-state index contributed by atoms with van der Waals surface area (Å²) >= 11 is 1.75. The molecule has 50 heavy (non-hydrogen) atoms. The van der Waals surface area contributed by atoms with E-state index in [1.54, 1.807) is 29.8 Å². The van der Waals surface area contributed by atoms with E-state index >= 15 is 0 Å². The number of allylic oxidation sites excluding steroid dienone is 1. The molecular weight excluding hydrogens is 657 g/mol. The van der Waals surface area contributed by atoms with Gasteiger partial charge in [0.05, 0.1) is 32.0 Å². The Kier molecular flexibility index (Phi) is 13.7. The van der Waals surface area contributed by atoms with E-state index in [4.69, 9.17) is 23.8 Å². The Bertz CT molecular complexity index is 1490. The highest BCUT2D eigenvalue weighted by Crippen LogP contribution is 2.61. The fourth-order valence-electron chi connectivity index (χ4n) is 8.03. The monoisotopic (exact) mass is 708 g/mol. The molecule has 2 aromatic rings. The molecule has 0 bridgehead atoms. The van der Waals surface area contributed by atoms with Gasteiger partial charge in [0.2, 0.25) is 5.79 Å². The van der Waals surface area contributed by atoms with Gasteiger partial charge in [-0.3, -0.25) is 0 Å². The summed E-state index contributed by atoms with van der Waals surface area (Å²) in [5, 5.41) is 24.0. The first-order valence-electron chi connectivity index (χ1n) is 17.6. The lowest BCUT2D eigenvalue weighted by Crippen LogP contribution is -2.69. The van der Waals surface area contributed by atoms with Crippen LogP contribution in [0, 0.1) is 17.8 Å². The van der Waals surface area contributed by atoms with Crippen molar-refractivity contribution < 1.29 is 38.8 Å². The number of hydrogen-bond acceptors (Lipinski definition) is 10. The summed E-state index contributed by atoms with van der Waals surface area (Å²) in [6, 6.07) is 15.7. The van der Waals surface area contributed by atoms with Crippen LogP contribution in [0.25, 0.3) is 0 Å². The molecule has 5 rings (SSSR count). The average Bonchev–Trinajstić information content (AvgIpc) is 3.14. The number of carbonyl (C=O) groups is 1. The van der Waals surface area contributed by atoms with Gasteiger partial charge in [-0.1, -0.05) is 48.3 Å². The summed E-state index contributed by atoms with van der Waals surface area (Å²) in [7, 11) is 4.60. The molecule has 6 unspecified atom stereocenters. The fourth-order valence-corrected chi connectivity index (χ4v) is 8.79. The van der Waals surface area contributed by atoms with Crippen molar-refractivity contribution in [1.82, 2.24) is 4.90 Å².